The van der Waals surface area contributed by atoms with Gasteiger partial charge in [0.25, 0.3) is 0 Å². The van der Waals surface area contributed by atoms with Gasteiger partial charge in [-0.3, -0.25) is 0 Å². The third kappa shape index (κ3) is 1.48. The van der Waals surface area contributed by atoms with Gasteiger partial charge in [0, 0.05) is 5.41 Å². The van der Waals surface area contributed by atoms with E-state index in [0.717, 1.165) is 6.42 Å². The number of nitriles is 1. The monoisotopic (exact) mass is 165 g/mol. The summed E-state index contributed by atoms with van der Waals surface area (Å²) in [6.45, 7) is 4.36. The zero-order chi connectivity index (χ0) is 9.19. The van der Waals surface area contributed by atoms with Crippen LogP contribution in [0.4, 0.5) is 0 Å². The molecular weight excluding hydrogens is 154 g/mol. The second-order valence-corrected chi connectivity index (χ2v) is 3.25. The molecular formula is C9H11NO2. The van der Waals surface area contributed by atoms with Crippen molar-refractivity contribution in [2.75, 3.05) is 6.61 Å². The molecule has 3 nitrogen and oxygen atoms in total. The molecule has 64 valence electrons. The van der Waals surface area contributed by atoms with E-state index in [1.54, 1.807) is 6.08 Å². The van der Waals surface area contributed by atoms with Gasteiger partial charge in [-0.1, -0.05) is 13.8 Å². The first-order valence-electron chi connectivity index (χ1n) is 3.91. The second-order valence-electron chi connectivity index (χ2n) is 3.25. The molecule has 0 N–H and O–H groups in total. The van der Waals surface area contributed by atoms with E-state index in [1.807, 2.05) is 19.9 Å². The summed E-state index contributed by atoms with van der Waals surface area (Å²) in [6, 6.07) is 1.83. The zero-order valence-electron chi connectivity index (χ0n) is 7.26. The number of ether oxygens (including phenoxy) is 1. The Bertz CT molecular complexity index is 275. The Morgan fingerprint density at radius 2 is 2.50 bits per heavy atom. The van der Waals surface area contributed by atoms with E-state index in [9.17, 15) is 4.79 Å². The Kier molecular flexibility index (Phi) is 2.18. The van der Waals surface area contributed by atoms with E-state index in [4.69, 9.17) is 10.00 Å². The maximum atomic E-state index is 10.9. The Morgan fingerprint density at radius 1 is 1.83 bits per heavy atom. The summed E-state index contributed by atoms with van der Waals surface area (Å²) in [6.07, 6.45) is 2.57. The van der Waals surface area contributed by atoms with Crippen LogP contribution in [0.2, 0.25) is 0 Å². The molecule has 0 aliphatic carbocycles. The Hall–Kier alpha value is -1.30. The van der Waals surface area contributed by atoms with Crippen LogP contribution in [-0.4, -0.2) is 12.6 Å². The van der Waals surface area contributed by atoms with Crippen LogP contribution in [0.15, 0.2) is 11.6 Å². The normalized spacial score (nSPS) is 28.8. The van der Waals surface area contributed by atoms with Crippen molar-refractivity contribution >= 4 is 5.97 Å². The van der Waals surface area contributed by atoms with Crippen LogP contribution in [0.1, 0.15) is 20.3 Å². The number of cyclic esters (lactones) is 1. The van der Waals surface area contributed by atoms with Gasteiger partial charge in [-0.25, -0.2) is 4.79 Å². The number of carbonyl (C=O) groups is 1. The van der Waals surface area contributed by atoms with Crippen LogP contribution in [0.25, 0.3) is 0 Å². The number of nitrogens with zero attached hydrogens (tertiary/aromatic N) is 1. The fourth-order valence-electron chi connectivity index (χ4n) is 1.04. The molecule has 3 heteroatoms. The minimum Gasteiger partial charge on any atom is -0.461 e. The fourth-order valence-corrected chi connectivity index (χ4v) is 1.04. The molecule has 0 amide bonds. The summed E-state index contributed by atoms with van der Waals surface area (Å²) >= 11 is 0. The number of rotatable bonds is 1. The second kappa shape index (κ2) is 2.98. The van der Waals surface area contributed by atoms with Crippen molar-refractivity contribution in [2.24, 2.45) is 5.41 Å². The van der Waals surface area contributed by atoms with E-state index in [0.29, 0.717) is 6.61 Å². The van der Waals surface area contributed by atoms with Crippen LogP contribution >= 0.6 is 0 Å². The molecule has 1 unspecified atom stereocenters. The first-order chi connectivity index (χ1) is 5.61. The standard InChI is InChI=1S/C9H11NO2/c1-3-9(2)4-7(5-10)8(11)12-6-9/h4H,3,6H2,1-2H3. The molecule has 1 heterocycles. The van der Waals surface area contributed by atoms with Crippen molar-refractivity contribution in [3.05, 3.63) is 11.6 Å². The summed E-state index contributed by atoms with van der Waals surface area (Å²) in [5, 5.41) is 8.57. The first kappa shape index (κ1) is 8.79. The minimum absolute atomic E-state index is 0.130. The highest BCUT2D eigenvalue weighted by Crippen LogP contribution is 2.28. The molecule has 1 aliphatic heterocycles. The largest absolute Gasteiger partial charge is 0.461 e. The number of hydrogen-bond donors (Lipinski definition) is 0. The average molecular weight is 165 g/mol. The van der Waals surface area contributed by atoms with Crippen molar-refractivity contribution in [1.29, 1.82) is 5.26 Å². The Balaban J connectivity index is 2.97. The maximum Gasteiger partial charge on any atom is 0.348 e. The Labute approximate surface area is 71.6 Å². The molecule has 0 radical (unpaired) electrons. The molecule has 0 saturated heterocycles. The topological polar surface area (TPSA) is 50.1 Å². The van der Waals surface area contributed by atoms with Gasteiger partial charge in [0.2, 0.25) is 0 Å². The third-order valence-corrected chi connectivity index (χ3v) is 2.17. The van der Waals surface area contributed by atoms with Crippen LogP contribution in [0, 0.1) is 16.7 Å². The lowest BCUT2D eigenvalue weighted by Crippen LogP contribution is -2.28. The predicted octanol–water partition coefficient (Wildman–Crippen LogP) is 1.41. The van der Waals surface area contributed by atoms with Crippen molar-refractivity contribution < 1.29 is 9.53 Å². The zero-order valence-corrected chi connectivity index (χ0v) is 7.26. The summed E-state index contributed by atoms with van der Waals surface area (Å²) < 4.78 is 4.86. The number of hydrogen-bond acceptors (Lipinski definition) is 3. The van der Waals surface area contributed by atoms with Gasteiger partial charge >= 0.3 is 5.97 Å². The van der Waals surface area contributed by atoms with E-state index in [-0.39, 0.29) is 11.0 Å². The highest BCUT2D eigenvalue weighted by atomic mass is 16.5. The van der Waals surface area contributed by atoms with Crippen molar-refractivity contribution in [1.82, 2.24) is 0 Å². The van der Waals surface area contributed by atoms with Gasteiger partial charge in [0.1, 0.15) is 18.2 Å². The smallest absolute Gasteiger partial charge is 0.348 e. The molecule has 1 rings (SSSR count). The van der Waals surface area contributed by atoms with Crippen LogP contribution in [-0.2, 0) is 9.53 Å². The fraction of sp³-hybridized carbons (Fsp3) is 0.556. The minimum atomic E-state index is -0.497. The molecule has 0 aromatic heterocycles. The quantitative estimate of drug-likeness (QED) is 0.552. The summed E-state index contributed by atoms with van der Waals surface area (Å²) in [5.74, 6) is -0.497. The first-order valence-corrected chi connectivity index (χ1v) is 3.91. The van der Waals surface area contributed by atoms with Crippen LogP contribution < -0.4 is 0 Å². The Morgan fingerprint density at radius 3 is 3.00 bits per heavy atom. The van der Waals surface area contributed by atoms with Gasteiger partial charge in [0.15, 0.2) is 0 Å². The van der Waals surface area contributed by atoms with Crippen molar-refractivity contribution in [3.8, 4) is 6.07 Å². The maximum absolute atomic E-state index is 10.9. The predicted molar refractivity (Wildman–Crippen MR) is 43.1 cm³/mol. The van der Waals surface area contributed by atoms with E-state index < -0.39 is 5.97 Å². The lowest BCUT2D eigenvalue weighted by Gasteiger charge is -2.27. The van der Waals surface area contributed by atoms with Gasteiger partial charge in [-0.15, -0.1) is 0 Å². The lowest BCUT2D eigenvalue weighted by molar-refractivity contribution is -0.142. The van der Waals surface area contributed by atoms with E-state index >= 15 is 0 Å². The van der Waals surface area contributed by atoms with Gasteiger partial charge in [0.05, 0.1) is 0 Å². The molecule has 0 saturated carbocycles. The molecule has 0 aromatic carbocycles. The number of carbonyl (C=O) groups excluding carboxylic acids is 1. The SMILES string of the molecule is CCC1(C)C=C(C#N)C(=O)OC1. The molecule has 0 aromatic rings. The third-order valence-electron chi connectivity index (χ3n) is 2.17. The van der Waals surface area contributed by atoms with Crippen LogP contribution in [0.3, 0.4) is 0 Å². The molecule has 1 atom stereocenters. The summed E-state index contributed by atoms with van der Waals surface area (Å²) in [4.78, 5) is 10.9. The van der Waals surface area contributed by atoms with Gasteiger partial charge in [-0.05, 0) is 12.5 Å². The van der Waals surface area contributed by atoms with Crippen molar-refractivity contribution in [3.63, 3.8) is 0 Å². The lowest BCUT2D eigenvalue weighted by atomic mass is 9.85. The van der Waals surface area contributed by atoms with Gasteiger partial charge < -0.3 is 4.74 Å². The van der Waals surface area contributed by atoms with Gasteiger partial charge in [-0.2, -0.15) is 5.26 Å². The highest BCUT2D eigenvalue weighted by molar-refractivity contribution is 5.93. The number of esters is 1. The summed E-state index contributed by atoms with van der Waals surface area (Å²) in [5.41, 5.74) is -0.0236. The molecule has 12 heavy (non-hydrogen) atoms. The average Bonchev–Trinajstić information content (AvgIpc) is 2.10. The molecule has 0 spiro atoms. The molecule has 1 aliphatic rings. The van der Waals surface area contributed by atoms with Crippen molar-refractivity contribution in [2.45, 2.75) is 20.3 Å². The highest BCUT2D eigenvalue weighted by Gasteiger charge is 2.29. The van der Waals surface area contributed by atoms with E-state index in [2.05, 4.69) is 0 Å². The molecule has 0 bridgehead atoms. The van der Waals surface area contributed by atoms with E-state index in [1.165, 1.54) is 0 Å². The molecule has 0 fully saturated rings. The summed E-state index contributed by atoms with van der Waals surface area (Å²) in [7, 11) is 0. The van der Waals surface area contributed by atoms with Crippen LogP contribution in [0.5, 0.6) is 0 Å².